The van der Waals surface area contributed by atoms with E-state index in [1.165, 1.54) is 11.3 Å². The highest BCUT2D eigenvalue weighted by Gasteiger charge is 2.39. The molecule has 2 rings (SSSR count). The first-order valence-electron chi connectivity index (χ1n) is 6.60. The summed E-state index contributed by atoms with van der Waals surface area (Å²) in [5, 5.41) is 5.55. The van der Waals surface area contributed by atoms with Gasteiger partial charge in [-0.1, -0.05) is 19.8 Å². The molecular formula is C13H21N3OS. The lowest BCUT2D eigenvalue weighted by Crippen LogP contribution is -2.33. The Balaban J connectivity index is 2.06. The van der Waals surface area contributed by atoms with Gasteiger partial charge in [-0.15, -0.1) is 11.3 Å². The van der Waals surface area contributed by atoms with E-state index in [1.807, 2.05) is 12.3 Å². The lowest BCUT2D eigenvalue weighted by Gasteiger charge is -2.25. The third kappa shape index (κ3) is 2.57. The van der Waals surface area contributed by atoms with E-state index in [1.54, 1.807) is 0 Å². The van der Waals surface area contributed by atoms with Gasteiger partial charge in [0, 0.05) is 16.8 Å². The van der Waals surface area contributed by atoms with Crippen molar-refractivity contribution in [1.29, 1.82) is 0 Å². The summed E-state index contributed by atoms with van der Waals surface area (Å²) in [6.45, 7) is 3.99. The van der Waals surface area contributed by atoms with Gasteiger partial charge >= 0.3 is 0 Å². The number of nitrogens with zero attached hydrogens (tertiary/aromatic N) is 1. The minimum atomic E-state index is -0.167. The van der Waals surface area contributed by atoms with E-state index >= 15 is 0 Å². The molecule has 1 saturated carbocycles. The van der Waals surface area contributed by atoms with Crippen molar-refractivity contribution in [2.75, 3.05) is 5.32 Å². The van der Waals surface area contributed by atoms with Gasteiger partial charge in [-0.25, -0.2) is 4.98 Å². The molecule has 3 N–H and O–H groups in total. The predicted molar refractivity (Wildman–Crippen MR) is 74.5 cm³/mol. The SMILES string of the molecule is CCC1(C(=O)Nc2nc(C(C)N)cs2)CCCC1. The van der Waals surface area contributed by atoms with Crippen molar-refractivity contribution in [1.82, 2.24) is 4.98 Å². The molecule has 4 nitrogen and oxygen atoms in total. The topological polar surface area (TPSA) is 68.0 Å². The number of nitrogens with two attached hydrogens (primary N) is 1. The van der Waals surface area contributed by atoms with E-state index in [9.17, 15) is 4.79 Å². The first kappa shape index (κ1) is 13.5. The normalized spacial score (nSPS) is 19.7. The average molecular weight is 267 g/mol. The molecule has 1 amide bonds. The lowest BCUT2D eigenvalue weighted by molar-refractivity contribution is -0.125. The Bertz CT molecular complexity index is 422. The van der Waals surface area contributed by atoms with Gasteiger partial charge in [0.1, 0.15) is 0 Å². The van der Waals surface area contributed by atoms with Gasteiger partial charge in [-0.05, 0) is 26.2 Å². The number of carbonyl (C=O) groups excluding carboxylic acids is 1. The van der Waals surface area contributed by atoms with E-state index in [2.05, 4.69) is 17.2 Å². The number of carbonyl (C=O) groups is 1. The summed E-state index contributed by atoms with van der Waals surface area (Å²) in [6, 6.07) is -0.0847. The van der Waals surface area contributed by atoms with Crippen molar-refractivity contribution in [3.8, 4) is 0 Å². The number of rotatable bonds is 4. The highest BCUT2D eigenvalue weighted by atomic mass is 32.1. The predicted octanol–water partition coefficient (Wildman–Crippen LogP) is 3.07. The third-order valence-corrected chi connectivity index (χ3v) is 4.70. The van der Waals surface area contributed by atoms with Gasteiger partial charge < -0.3 is 11.1 Å². The van der Waals surface area contributed by atoms with Crippen LogP contribution in [-0.2, 0) is 4.79 Å². The Morgan fingerprint density at radius 1 is 1.61 bits per heavy atom. The summed E-state index contributed by atoms with van der Waals surface area (Å²) < 4.78 is 0. The van der Waals surface area contributed by atoms with Crippen molar-refractivity contribution in [2.45, 2.75) is 52.0 Å². The Kier molecular flexibility index (Phi) is 4.02. The van der Waals surface area contributed by atoms with Crippen LogP contribution < -0.4 is 11.1 Å². The maximum absolute atomic E-state index is 12.4. The molecule has 1 aliphatic rings. The number of hydrogen-bond acceptors (Lipinski definition) is 4. The zero-order chi connectivity index (χ0) is 13.2. The average Bonchev–Trinajstić information content (AvgIpc) is 2.97. The summed E-state index contributed by atoms with van der Waals surface area (Å²) in [5.41, 5.74) is 6.44. The van der Waals surface area contributed by atoms with Crippen LogP contribution in [0.5, 0.6) is 0 Å². The quantitative estimate of drug-likeness (QED) is 0.881. The van der Waals surface area contributed by atoms with Crippen LogP contribution in [0.2, 0.25) is 0 Å². The van der Waals surface area contributed by atoms with Crippen LogP contribution in [-0.4, -0.2) is 10.9 Å². The molecule has 5 heteroatoms. The fraction of sp³-hybridized carbons (Fsp3) is 0.692. The van der Waals surface area contributed by atoms with Crippen LogP contribution in [0, 0.1) is 5.41 Å². The van der Waals surface area contributed by atoms with E-state index in [0.29, 0.717) is 5.13 Å². The fourth-order valence-electron chi connectivity index (χ4n) is 2.58. The van der Waals surface area contributed by atoms with Crippen molar-refractivity contribution >= 4 is 22.4 Å². The highest BCUT2D eigenvalue weighted by Crippen LogP contribution is 2.42. The van der Waals surface area contributed by atoms with E-state index in [-0.39, 0.29) is 17.4 Å². The summed E-state index contributed by atoms with van der Waals surface area (Å²) in [6.07, 6.45) is 5.22. The van der Waals surface area contributed by atoms with Crippen molar-refractivity contribution in [3.63, 3.8) is 0 Å². The maximum Gasteiger partial charge on any atom is 0.232 e. The van der Waals surface area contributed by atoms with E-state index < -0.39 is 0 Å². The third-order valence-electron chi connectivity index (χ3n) is 3.93. The van der Waals surface area contributed by atoms with Crippen molar-refractivity contribution < 1.29 is 4.79 Å². The zero-order valence-corrected chi connectivity index (χ0v) is 11.8. The molecule has 0 bridgehead atoms. The van der Waals surface area contributed by atoms with Crippen LogP contribution in [0.4, 0.5) is 5.13 Å². The van der Waals surface area contributed by atoms with Gasteiger partial charge in [0.25, 0.3) is 0 Å². The molecule has 1 fully saturated rings. The second-order valence-electron chi connectivity index (χ2n) is 5.16. The summed E-state index contributed by atoms with van der Waals surface area (Å²) in [5.74, 6) is 0.132. The van der Waals surface area contributed by atoms with Crippen LogP contribution in [0.3, 0.4) is 0 Å². The molecule has 1 heterocycles. The smallest absolute Gasteiger partial charge is 0.232 e. The first-order valence-corrected chi connectivity index (χ1v) is 7.48. The zero-order valence-electron chi connectivity index (χ0n) is 11.0. The molecule has 100 valence electrons. The molecule has 0 aromatic carbocycles. The number of anilines is 1. The maximum atomic E-state index is 12.4. The standard InChI is InChI=1S/C13H21N3OS/c1-3-13(6-4-5-7-13)11(17)16-12-15-10(8-18-12)9(2)14/h8-9H,3-7,14H2,1-2H3,(H,15,16,17). The van der Waals surface area contributed by atoms with Gasteiger partial charge in [0.05, 0.1) is 5.69 Å². The largest absolute Gasteiger partial charge is 0.323 e. The van der Waals surface area contributed by atoms with Crippen LogP contribution in [0.25, 0.3) is 0 Å². The van der Waals surface area contributed by atoms with E-state index in [0.717, 1.165) is 37.8 Å². The van der Waals surface area contributed by atoms with Crippen molar-refractivity contribution in [2.24, 2.45) is 11.1 Å². The van der Waals surface area contributed by atoms with Crippen molar-refractivity contribution in [3.05, 3.63) is 11.1 Å². The number of aromatic nitrogens is 1. The Morgan fingerprint density at radius 3 is 2.78 bits per heavy atom. The second-order valence-corrected chi connectivity index (χ2v) is 6.02. The highest BCUT2D eigenvalue weighted by molar-refractivity contribution is 7.13. The number of thiazole rings is 1. The second kappa shape index (κ2) is 5.36. The Hall–Kier alpha value is -0.940. The lowest BCUT2D eigenvalue weighted by atomic mass is 9.82. The molecular weight excluding hydrogens is 246 g/mol. The van der Waals surface area contributed by atoms with Gasteiger partial charge in [-0.2, -0.15) is 0 Å². The molecule has 0 spiro atoms. The molecule has 1 atom stereocenters. The van der Waals surface area contributed by atoms with E-state index in [4.69, 9.17) is 5.73 Å². The minimum absolute atomic E-state index is 0.0847. The monoisotopic (exact) mass is 267 g/mol. The summed E-state index contributed by atoms with van der Waals surface area (Å²) >= 11 is 1.45. The molecule has 0 radical (unpaired) electrons. The Morgan fingerprint density at radius 2 is 2.28 bits per heavy atom. The van der Waals surface area contributed by atoms with Crippen LogP contribution in [0.15, 0.2) is 5.38 Å². The minimum Gasteiger partial charge on any atom is -0.323 e. The van der Waals surface area contributed by atoms with Gasteiger partial charge in [0.15, 0.2) is 5.13 Å². The molecule has 0 aliphatic heterocycles. The van der Waals surface area contributed by atoms with Gasteiger partial charge in [-0.3, -0.25) is 4.79 Å². The summed E-state index contributed by atoms with van der Waals surface area (Å²) in [7, 11) is 0. The number of hydrogen-bond donors (Lipinski definition) is 2. The van der Waals surface area contributed by atoms with Gasteiger partial charge in [0.2, 0.25) is 5.91 Å². The summed E-state index contributed by atoms with van der Waals surface area (Å²) in [4.78, 5) is 16.7. The fourth-order valence-corrected chi connectivity index (χ4v) is 3.38. The molecule has 1 aliphatic carbocycles. The van der Waals surface area contributed by atoms with Crippen LogP contribution in [0.1, 0.15) is 57.7 Å². The van der Waals surface area contributed by atoms with Crippen LogP contribution >= 0.6 is 11.3 Å². The molecule has 18 heavy (non-hydrogen) atoms. The molecule has 0 saturated heterocycles. The molecule has 1 aromatic heterocycles. The molecule has 1 aromatic rings. The first-order chi connectivity index (χ1) is 8.57. The number of amides is 1. The molecule has 1 unspecified atom stereocenters. The number of nitrogens with one attached hydrogen (secondary N) is 1. The Labute approximate surface area is 112 Å².